The number of hydrogen-bond acceptors (Lipinski definition) is 5. The van der Waals surface area contributed by atoms with Gasteiger partial charge in [-0.05, 0) is 30.5 Å². The van der Waals surface area contributed by atoms with Crippen LogP contribution >= 0.6 is 11.3 Å². The third kappa shape index (κ3) is 4.77. The van der Waals surface area contributed by atoms with Crippen molar-refractivity contribution in [2.75, 3.05) is 19.0 Å². The zero-order valence-electron chi connectivity index (χ0n) is 16.5. The van der Waals surface area contributed by atoms with Gasteiger partial charge in [-0.25, -0.2) is 4.79 Å². The quantitative estimate of drug-likeness (QED) is 0.804. The van der Waals surface area contributed by atoms with Gasteiger partial charge in [-0.15, -0.1) is 10.2 Å². The van der Waals surface area contributed by atoms with E-state index >= 15 is 0 Å². The fourth-order valence-electron chi connectivity index (χ4n) is 3.26. The van der Waals surface area contributed by atoms with Crippen LogP contribution in [-0.4, -0.2) is 34.8 Å². The Bertz CT molecular complexity index is 767. The molecule has 0 saturated carbocycles. The molecule has 1 saturated heterocycles. The largest absolute Gasteiger partial charge is 0.497 e. The van der Waals surface area contributed by atoms with Gasteiger partial charge in [-0.3, -0.25) is 5.32 Å². The Hall–Kier alpha value is -2.15. The number of rotatable bonds is 3. The van der Waals surface area contributed by atoms with E-state index in [1.165, 1.54) is 11.3 Å². The number of anilines is 1. The Labute approximate surface area is 164 Å². The van der Waals surface area contributed by atoms with Gasteiger partial charge in [-0.2, -0.15) is 0 Å². The van der Waals surface area contributed by atoms with Gasteiger partial charge in [0.15, 0.2) is 0 Å². The van der Waals surface area contributed by atoms with Crippen LogP contribution in [0, 0.1) is 0 Å². The van der Waals surface area contributed by atoms with E-state index in [2.05, 4.69) is 48.4 Å². The molecule has 2 heterocycles. The Balaban J connectivity index is 1.77. The molecule has 1 aliphatic heterocycles. The Morgan fingerprint density at radius 1 is 1.19 bits per heavy atom. The Morgan fingerprint density at radius 2 is 1.93 bits per heavy atom. The van der Waals surface area contributed by atoms with Gasteiger partial charge >= 0.3 is 6.03 Å². The average Bonchev–Trinajstić information content (AvgIpc) is 2.98. The van der Waals surface area contributed by atoms with Crippen molar-refractivity contribution in [3.05, 3.63) is 34.8 Å². The summed E-state index contributed by atoms with van der Waals surface area (Å²) in [6.45, 7) is 7.02. The first-order valence-corrected chi connectivity index (χ1v) is 10.3. The van der Waals surface area contributed by atoms with Crippen LogP contribution in [0.4, 0.5) is 9.93 Å². The monoisotopic (exact) mass is 388 g/mol. The van der Waals surface area contributed by atoms with Gasteiger partial charge in [0.05, 0.1) is 13.2 Å². The molecule has 1 atom stereocenters. The third-order valence-electron chi connectivity index (χ3n) is 4.79. The van der Waals surface area contributed by atoms with E-state index in [1.807, 2.05) is 17.0 Å². The van der Waals surface area contributed by atoms with Crippen molar-refractivity contribution in [1.82, 2.24) is 15.1 Å². The summed E-state index contributed by atoms with van der Waals surface area (Å²) in [7, 11) is 1.66. The number of carbonyl (C=O) groups excluding carboxylic acids is 1. The molecule has 3 rings (SSSR count). The van der Waals surface area contributed by atoms with Gasteiger partial charge in [0.1, 0.15) is 10.8 Å². The lowest BCUT2D eigenvalue weighted by Crippen LogP contribution is -2.38. The summed E-state index contributed by atoms with van der Waals surface area (Å²) in [5.74, 6) is 0.826. The molecule has 6 nitrogen and oxygen atoms in total. The molecular weight excluding hydrogens is 360 g/mol. The zero-order valence-corrected chi connectivity index (χ0v) is 17.3. The summed E-state index contributed by atoms with van der Waals surface area (Å²) in [5, 5.41) is 12.8. The van der Waals surface area contributed by atoms with Crippen LogP contribution in [0.5, 0.6) is 5.75 Å². The minimum atomic E-state index is -0.102. The second-order valence-corrected chi connectivity index (χ2v) is 8.90. The number of ether oxygens (including phenoxy) is 1. The number of nitrogens with one attached hydrogen (secondary N) is 1. The van der Waals surface area contributed by atoms with E-state index in [-0.39, 0.29) is 17.5 Å². The SMILES string of the molecule is COc1ccc([C@H]2CCCCCN2C(=O)Nc2nnc(C(C)(C)C)s2)cc1. The maximum Gasteiger partial charge on any atom is 0.324 e. The second kappa shape index (κ2) is 8.25. The van der Waals surface area contributed by atoms with E-state index in [4.69, 9.17) is 4.74 Å². The topological polar surface area (TPSA) is 67.3 Å². The van der Waals surface area contributed by atoms with Gasteiger partial charge in [0.25, 0.3) is 0 Å². The summed E-state index contributed by atoms with van der Waals surface area (Å²) in [5.41, 5.74) is 1.06. The van der Waals surface area contributed by atoms with Crippen molar-refractivity contribution in [2.24, 2.45) is 0 Å². The van der Waals surface area contributed by atoms with E-state index in [0.29, 0.717) is 5.13 Å². The lowest BCUT2D eigenvalue weighted by molar-refractivity contribution is 0.189. The van der Waals surface area contributed by atoms with Gasteiger partial charge < -0.3 is 9.64 Å². The number of amides is 2. The van der Waals surface area contributed by atoms with Crippen molar-refractivity contribution < 1.29 is 9.53 Å². The normalized spacial score (nSPS) is 18.1. The zero-order chi connectivity index (χ0) is 19.4. The summed E-state index contributed by atoms with van der Waals surface area (Å²) in [6.07, 6.45) is 4.24. The van der Waals surface area contributed by atoms with Crippen molar-refractivity contribution >= 4 is 22.5 Å². The van der Waals surface area contributed by atoms with E-state index in [9.17, 15) is 4.79 Å². The smallest absolute Gasteiger partial charge is 0.324 e. The minimum absolute atomic E-state index is 0.0633. The van der Waals surface area contributed by atoms with Crippen LogP contribution in [0.1, 0.15) is 63.1 Å². The van der Waals surface area contributed by atoms with Gasteiger partial charge in [0.2, 0.25) is 5.13 Å². The number of methoxy groups -OCH3 is 1. The number of benzene rings is 1. The van der Waals surface area contributed by atoms with Crippen molar-refractivity contribution in [2.45, 2.75) is 57.9 Å². The number of carbonyl (C=O) groups is 1. The first kappa shape index (κ1) is 19.6. The van der Waals surface area contributed by atoms with Crippen molar-refractivity contribution in [1.29, 1.82) is 0 Å². The van der Waals surface area contributed by atoms with Gasteiger partial charge in [0, 0.05) is 12.0 Å². The molecule has 0 unspecified atom stereocenters. The fourth-order valence-corrected chi connectivity index (χ4v) is 4.06. The molecule has 1 N–H and O–H groups in total. The van der Waals surface area contributed by atoms with Crippen LogP contribution in [0.3, 0.4) is 0 Å². The first-order chi connectivity index (χ1) is 12.9. The highest BCUT2D eigenvalue weighted by Crippen LogP contribution is 2.32. The van der Waals surface area contributed by atoms with E-state index in [0.717, 1.165) is 48.5 Å². The molecular formula is C20H28N4O2S. The predicted molar refractivity (Wildman–Crippen MR) is 109 cm³/mol. The maximum absolute atomic E-state index is 13.0. The lowest BCUT2D eigenvalue weighted by atomic mass is 9.98. The molecule has 2 aromatic rings. The lowest BCUT2D eigenvalue weighted by Gasteiger charge is -2.30. The molecule has 0 aliphatic carbocycles. The summed E-state index contributed by atoms with van der Waals surface area (Å²) >= 11 is 1.44. The number of likely N-dealkylation sites (tertiary alicyclic amines) is 1. The van der Waals surface area contributed by atoms with Crippen LogP contribution in [0.2, 0.25) is 0 Å². The number of hydrogen-bond donors (Lipinski definition) is 1. The maximum atomic E-state index is 13.0. The van der Waals surface area contributed by atoms with Crippen molar-refractivity contribution in [3.63, 3.8) is 0 Å². The minimum Gasteiger partial charge on any atom is -0.497 e. The van der Waals surface area contributed by atoms with Crippen LogP contribution in [0.15, 0.2) is 24.3 Å². The Morgan fingerprint density at radius 3 is 2.56 bits per heavy atom. The highest BCUT2D eigenvalue weighted by atomic mass is 32.1. The average molecular weight is 389 g/mol. The van der Waals surface area contributed by atoms with Crippen molar-refractivity contribution in [3.8, 4) is 5.75 Å². The molecule has 0 spiro atoms. The molecule has 0 radical (unpaired) electrons. The van der Waals surface area contributed by atoms with Crippen LogP contribution < -0.4 is 10.1 Å². The fraction of sp³-hybridized carbons (Fsp3) is 0.550. The van der Waals surface area contributed by atoms with Crippen LogP contribution in [0.25, 0.3) is 0 Å². The van der Waals surface area contributed by atoms with Crippen LogP contribution in [-0.2, 0) is 5.41 Å². The summed E-state index contributed by atoms with van der Waals surface area (Å²) in [4.78, 5) is 15.0. The number of urea groups is 1. The summed E-state index contributed by atoms with van der Waals surface area (Å²) < 4.78 is 5.26. The molecule has 146 valence electrons. The summed E-state index contributed by atoms with van der Waals surface area (Å²) in [6, 6.07) is 7.98. The highest BCUT2D eigenvalue weighted by molar-refractivity contribution is 7.15. The van der Waals surface area contributed by atoms with E-state index in [1.54, 1.807) is 7.11 Å². The molecule has 27 heavy (non-hydrogen) atoms. The first-order valence-electron chi connectivity index (χ1n) is 9.44. The Kier molecular flexibility index (Phi) is 5.99. The predicted octanol–water partition coefficient (Wildman–Crippen LogP) is 4.99. The molecule has 1 aromatic heterocycles. The molecule has 7 heteroatoms. The highest BCUT2D eigenvalue weighted by Gasteiger charge is 2.28. The number of nitrogens with zero attached hydrogens (tertiary/aromatic N) is 3. The van der Waals surface area contributed by atoms with E-state index < -0.39 is 0 Å². The molecule has 1 aliphatic rings. The molecule has 1 aromatic carbocycles. The molecule has 2 amide bonds. The number of aromatic nitrogens is 2. The molecule has 1 fully saturated rings. The second-order valence-electron chi connectivity index (χ2n) is 7.92. The third-order valence-corrected chi connectivity index (χ3v) is 6.06. The van der Waals surface area contributed by atoms with Gasteiger partial charge in [-0.1, -0.05) is 57.1 Å². The standard InChI is InChI=1S/C20H28N4O2S/c1-20(2,3)17-22-23-18(27-17)21-19(25)24-13-7-5-6-8-16(24)14-9-11-15(26-4)12-10-14/h9-12,16H,5-8,13H2,1-4H3,(H,21,23,25)/t16-/m1/s1. The molecule has 0 bridgehead atoms.